The van der Waals surface area contributed by atoms with Crippen molar-refractivity contribution in [2.24, 2.45) is 0 Å². The molecule has 0 bridgehead atoms. The molecule has 3 aromatic carbocycles. The number of fused-ring (bicyclic) bond motifs is 1. The lowest BCUT2D eigenvalue weighted by molar-refractivity contribution is -0.121. The van der Waals surface area contributed by atoms with Gasteiger partial charge >= 0.3 is 0 Å². The summed E-state index contributed by atoms with van der Waals surface area (Å²) in [7, 11) is 0. The number of imide groups is 1. The Kier molecular flexibility index (Phi) is 4.45. The lowest BCUT2D eigenvalue weighted by Gasteiger charge is -2.16. The molecule has 3 aromatic rings. The monoisotopic (exact) mass is 364 g/mol. The van der Waals surface area contributed by atoms with E-state index in [1.807, 2.05) is 66.7 Å². The average molecular weight is 365 g/mol. The highest BCUT2D eigenvalue weighted by atomic mass is 35.5. The summed E-state index contributed by atoms with van der Waals surface area (Å²) in [5.41, 5.74) is 1.63. The van der Waals surface area contributed by atoms with Gasteiger partial charge in [0.15, 0.2) is 0 Å². The highest BCUT2D eigenvalue weighted by Gasteiger charge is 2.39. The molecular weight excluding hydrogens is 348 g/mol. The Balaban J connectivity index is 1.51. The van der Waals surface area contributed by atoms with Gasteiger partial charge in [0.05, 0.1) is 18.2 Å². The molecular formula is C21H17ClN2O2. The number of anilines is 1. The zero-order chi connectivity index (χ0) is 18.1. The SMILES string of the molecule is O=C1CC(NCc2ccc(Cl)cc2)C(=O)N1c1ccc2ccccc2c1. The quantitative estimate of drug-likeness (QED) is 0.714. The maximum atomic E-state index is 12.7. The van der Waals surface area contributed by atoms with Crippen LogP contribution in [0, 0.1) is 0 Å². The fourth-order valence-electron chi connectivity index (χ4n) is 3.22. The van der Waals surface area contributed by atoms with Gasteiger partial charge in [-0.25, -0.2) is 4.90 Å². The minimum atomic E-state index is -0.510. The van der Waals surface area contributed by atoms with E-state index in [2.05, 4.69) is 5.32 Å². The van der Waals surface area contributed by atoms with Crippen LogP contribution in [0.25, 0.3) is 10.8 Å². The van der Waals surface area contributed by atoms with Crippen LogP contribution >= 0.6 is 11.6 Å². The number of rotatable bonds is 4. The fourth-order valence-corrected chi connectivity index (χ4v) is 3.35. The van der Waals surface area contributed by atoms with Crippen molar-refractivity contribution in [3.63, 3.8) is 0 Å². The second-order valence-corrected chi connectivity index (χ2v) is 6.80. The molecule has 1 unspecified atom stereocenters. The summed E-state index contributed by atoms with van der Waals surface area (Å²) in [4.78, 5) is 26.5. The molecule has 4 nitrogen and oxygen atoms in total. The Labute approximate surface area is 156 Å². The van der Waals surface area contributed by atoms with Gasteiger partial charge < -0.3 is 5.32 Å². The van der Waals surface area contributed by atoms with E-state index in [-0.39, 0.29) is 18.2 Å². The van der Waals surface area contributed by atoms with Crippen molar-refractivity contribution >= 4 is 39.9 Å². The molecule has 1 N–H and O–H groups in total. The number of carbonyl (C=O) groups excluding carboxylic acids is 2. The number of nitrogens with one attached hydrogen (secondary N) is 1. The predicted molar refractivity (Wildman–Crippen MR) is 103 cm³/mol. The molecule has 26 heavy (non-hydrogen) atoms. The number of halogens is 1. The third-order valence-corrected chi connectivity index (χ3v) is 4.86. The first-order chi connectivity index (χ1) is 12.6. The minimum absolute atomic E-state index is 0.166. The first kappa shape index (κ1) is 16.8. The molecule has 1 saturated heterocycles. The molecule has 1 aliphatic heterocycles. The zero-order valence-electron chi connectivity index (χ0n) is 14.0. The van der Waals surface area contributed by atoms with Crippen LogP contribution in [0.2, 0.25) is 5.02 Å². The number of benzene rings is 3. The molecule has 0 aliphatic carbocycles. The van der Waals surface area contributed by atoms with E-state index in [1.165, 1.54) is 4.90 Å². The number of hydrogen-bond acceptors (Lipinski definition) is 3. The molecule has 0 aromatic heterocycles. The topological polar surface area (TPSA) is 49.4 Å². The number of amides is 2. The summed E-state index contributed by atoms with van der Waals surface area (Å²) in [5.74, 6) is -0.391. The summed E-state index contributed by atoms with van der Waals surface area (Å²) in [6.45, 7) is 0.506. The molecule has 1 atom stereocenters. The largest absolute Gasteiger partial charge is 0.301 e. The molecule has 0 saturated carbocycles. The van der Waals surface area contributed by atoms with E-state index < -0.39 is 6.04 Å². The summed E-state index contributed by atoms with van der Waals surface area (Å²) in [5, 5.41) is 5.93. The average Bonchev–Trinajstić information content (AvgIpc) is 2.94. The van der Waals surface area contributed by atoms with Crippen LogP contribution in [0.4, 0.5) is 5.69 Å². The van der Waals surface area contributed by atoms with Gasteiger partial charge in [0.2, 0.25) is 5.91 Å². The maximum absolute atomic E-state index is 12.7. The van der Waals surface area contributed by atoms with Crippen LogP contribution < -0.4 is 10.2 Å². The molecule has 5 heteroatoms. The van der Waals surface area contributed by atoms with Crippen molar-refractivity contribution in [1.29, 1.82) is 0 Å². The molecule has 4 rings (SSSR count). The van der Waals surface area contributed by atoms with Crippen LogP contribution in [-0.4, -0.2) is 17.9 Å². The predicted octanol–water partition coefficient (Wildman–Crippen LogP) is 3.91. The molecule has 130 valence electrons. The van der Waals surface area contributed by atoms with Crippen molar-refractivity contribution in [2.75, 3.05) is 4.90 Å². The number of hydrogen-bond donors (Lipinski definition) is 1. The van der Waals surface area contributed by atoms with Crippen LogP contribution in [0.1, 0.15) is 12.0 Å². The van der Waals surface area contributed by atoms with E-state index >= 15 is 0 Å². The zero-order valence-corrected chi connectivity index (χ0v) is 14.7. The van der Waals surface area contributed by atoms with Crippen LogP contribution in [-0.2, 0) is 16.1 Å². The van der Waals surface area contributed by atoms with Crippen LogP contribution in [0.5, 0.6) is 0 Å². The van der Waals surface area contributed by atoms with Gasteiger partial charge in [-0.1, -0.05) is 54.1 Å². The summed E-state index contributed by atoms with van der Waals surface area (Å²) in [6, 6.07) is 20.4. The van der Waals surface area contributed by atoms with E-state index in [0.29, 0.717) is 17.3 Å². The molecule has 1 aliphatic rings. The van der Waals surface area contributed by atoms with Gasteiger partial charge in [-0.2, -0.15) is 0 Å². The van der Waals surface area contributed by atoms with Crippen LogP contribution in [0.3, 0.4) is 0 Å². The van der Waals surface area contributed by atoms with Gasteiger partial charge in [-0.3, -0.25) is 9.59 Å². The van der Waals surface area contributed by atoms with Crippen molar-refractivity contribution in [2.45, 2.75) is 19.0 Å². The van der Waals surface area contributed by atoms with Gasteiger partial charge in [-0.05, 0) is 40.6 Å². The van der Waals surface area contributed by atoms with Crippen LogP contribution in [0.15, 0.2) is 66.7 Å². The smallest absolute Gasteiger partial charge is 0.251 e. The Hall–Kier alpha value is -2.69. The molecule has 0 spiro atoms. The summed E-state index contributed by atoms with van der Waals surface area (Å²) >= 11 is 5.88. The Bertz CT molecular complexity index is 985. The first-order valence-electron chi connectivity index (χ1n) is 8.45. The minimum Gasteiger partial charge on any atom is -0.301 e. The Morgan fingerprint density at radius 1 is 0.962 bits per heavy atom. The van der Waals surface area contributed by atoms with E-state index in [0.717, 1.165) is 16.3 Å². The van der Waals surface area contributed by atoms with Crippen molar-refractivity contribution in [3.8, 4) is 0 Å². The normalized spacial score (nSPS) is 17.3. The molecule has 2 amide bonds. The number of carbonyl (C=O) groups is 2. The lowest BCUT2D eigenvalue weighted by atomic mass is 10.1. The van der Waals surface area contributed by atoms with Gasteiger partial charge in [0, 0.05) is 11.6 Å². The molecule has 1 fully saturated rings. The van der Waals surface area contributed by atoms with E-state index in [9.17, 15) is 9.59 Å². The second-order valence-electron chi connectivity index (χ2n) is 6.36. The molecule has 1 heterocycles. The van der Waals surface area contributed by atoms with Gasteiger partial charge in [0.25, 0.3) is 5.91 Å². The maximum Gasteiger partial charge on any atom is 0.251 e. The third-order valence-electron chi connectivity index (χ3n) is 4.60. The van der Waals surface area contributed by atoms with Crippen molar-refractivity contribution in [3.05, 3.63) is 77.3 Å². The Morgan fingerprint density at radius 2 is 1.69 bits per heavy atom. The number of nitrogens with zero attached hydrogens (tertiary/aromatic N) is 1. The fraction of sp³-hybridized carbons (Fsp3) is 0.143. The third kappa shape index (κ3) is 3.21. The van der Waals surface area contributed by atoms with Crippen molar-refractivity contribution in [1.82, 2.24) is 5.32 Å². The highest BCUT2D eigenvalue weighted by molar-refractivity contribution is 6.30. The molecule has 0 radical (unpaired) electrons. The Morgan fingerprint density at radius 3 is 2.46 bits per heavy atom. The summed E-state index contributed by atoms with van der Waals surface area (Å²) < 4.78 is 0. The van der Waals surface area contributed by atoms with E-state index in [4.69, 9.17) is 11.6 Å². The van der Waals surface area contributed by atoms with Crippen molar-refractivity contribution < 1.29 is 9.59 Å². The van der Waals surface area contributed by atoms with E-state index in [1.54, 1.807) is 0 Å². The second kappa shape index (κ2) is 6.90. The summed E-state index contributed by atoms with van der Waals surface area (Å²) in [6.07, 6.45) is 0.166. The van der Waals surface area contributed by atoms with Gasteiger partial charge in [-0.15, -0.1) is 0 Å². The van der Waals surface area contributed by atoms with Gasteiger partial charge in [0.1, 0.15) is 0 Å². The lowest BCUT2D eigenvalue weighted by Crippen LogP contribution is -2.38. The first-order valence-corrected chi connectivity index (χ1v) is 8.83. The highest BCUT2D eigenvalue weighted by Crippen LogP contribution is 2.27. The standard InChI is InChI=1S/C21H17ClN2O2/c22-17-8-5-14(6-9-17)13-23-19-12-20(25)24(21(19)26)18-10-7-15-3-1-2-4-16(15)11-18/h1-11,19,23H,12-13H2.